The second kappa shape index (κ2) is 3.75. The molecule has 0 atom stereocenters. The normalized spacial score (nSPS) is 11.4. The highest BCUT2D eigenvalue weighted by atomic mass is 35.5. The third-order valence-electron chi connectivity index (χ3n) is 2.01. The van der Waals surface area contributed by atoms with Gasteiger partial charge >= 0.3 is 5.97 Å². The lowest BCUT2D eigenvalue weighted by molar-refractivity contribution is -0.142. The van der Waals surface area contributed by atoms with E-state index in [4.69, 9.17) is 28.3 Å². The van der Waals surface area contributed by atoms with Crippen molar-refractivity contribution in [3.63, 3.8) is 0 Å². The van der Waals surface area contributed by atoms with E-state index in [0.29, 0.717) is 5.56 Å². The zero-order valence-electron chi connectivity index (χ0n) is 7.71. The van der Waals surface area contributed by atoms with E-state index in [-0.39, 0.29) is 10.0 Å². The van der Waals surface area contributed by atoms with Crippen molar-refractivity contribution < 1.29 is 9.90 Å². The fourth-order valence-corrected chi connectivity index (χ4v) is 1.95. The highest BCUT2D eigenvalue weighted by Gasteiger charge is 2.33. The summed E-state index contributed by atoms with van der Waals surface area (Å²) in [5, 5.41) is 9.54. The number of carboxylic acids is 1. The number of aliphatic carboxylic acids is 1. The van der Waals surface area contributed by atoms with Crippen molar-refractivity contribution >= 4 is 29.2 Å². The first kappa shape index (κ1) is 11.3. The Labute approximate surface area is 91.7 Å². The number of halogens is 2. The van der Waals surface area contributed by atoms with Gasteiger partial charge in [-0.25, -0.2) is 0 Å². The van der Waals surface area contributed by atoms with E-state index in [1.807, 2.05) is 0 Å². The van der Waals surface area contributed by atoms with Gasteiger partial charge in [0, 0.05) is 18.0 Å². The van der Waals surface area contributed by atoms with Crippen LogP contribution >= 0.6 is 23.2 Å². The molecule has 0 aliphatic carbocycles. The standard InChI is InChI=1S/C9H9Cl2NO2/c1-9(2,8(13)14)7-5(10)3-12-4-6(7)11/h3-4H,1-2H3,(H,13,14). The highest BCUT2D eigenvalue weighted by molar-refractivity contribution is 6.36. The van der Waals surface area contributed by atoms with Crippen LogP contribution in [0.25, 0.3) is 0 Å². The Morgan fingerprint density at radius 2 is 1.79 bits per heavy atom. The van der Waals surface area contributed by atoms with E-state index in [1.54, 1.807) is 13.8 Å². The molecular formula is C9H9Cl2NO2. The fourth-order valence-electron chi connectivity index (χ4n) is 1.12. The summed E-state index contributed by atoms with van der Waals surface area (Å²) in [6.45, 7) is 3.09. The van der Waals surface area contributed by atoms with E-state index in [9.17, 15) is 4.79 Å². The van der Waals surface area contributed by atoms with E-state index in [1.165, 1.54) is 12.4 Å². The lowest BCUT2D eigenvalue weighted by Gasteiger charge is -2.21. The van der Waals surface area contributed by atoms with Gasteiger partial charge in [-0.2, -0.15) is 0 Å². The molecule has 0 amide bonds. The van der Waals surface area contributed by atoms with Crippen LogP contribution in [0.1, 0.15) is 19.4 Å². The van der Waals surface area contributed by atoms with Crippen molar-refractivity contribution in [2.24, 2.45) is 0 Å². The van der Waals surface area contributed by atoms with Crippen LogP contribution in [-0.2, 0) is 10.2 Å². The molecule has 0 radical (unpaired) electrons. The Bertz CT molecular complexity index is 357. The zero-order valence-corrected chi connectivity index (χ0v) is 9.23. The first-order valence-corrected chi connectivity index (χ1v) is 4.66. The maximum atomic E-state index is 11.0. The second-order valence-corrected chi connectivity index (χ2v) is 4.22. The quantitative estimate of drug-likeness (QED) is 0.855. The molecule has 0 fully saturated rings. The summed E-state index contributed by atoms with van der Waals surface area (Å²) in [5.41, 5.74) is -0.722. The third kappa shape index (κ3) is 1.83. The van der Waals surface area contributed by atoms with Gasteiger partial charge in [-0.05, 0) is 13.8 Å². The Kier molecular flexibility index (Phi) is 3.02. The summed E-state index contributed by atoms with van der Waals surface area (Å²) in [6.07, 6.45) is 2.76. The molecule has 1 aromatic rings. The van der Waals surface area contributed by atoms with Crippen molar-refractivity contribution in [2.45, 2.75) is 19.3 Å². The first-order valence-electron chi connectivity index (χ1n) is 3.90. The smallest absolute Gasteiger partial charge is 0.313 e. The molecule has 14 heavy (non-hydrogen) atoms. The van der Waals surface area contributed by atoms with Gasteiger partial charge in [-0.1, -0.05) is 23.2 Å². The number of aromatic nitrogens is 1. The maximum absolute atomic E-state index is 11.0. The number of nitrogens with zero attached hydrogens (tertiary/aromatic N) is 1. The van der Waals surface area contributed by atoms with Crippen molar-refractivity contribution in [3.8, 4) is 0 Å². The van der Waals surface area contributed by atoms with E-state index >= 15 is 0 Å². The van der Waals surface area contributed by atoms with Gasteiger partial charge in [0.25, 0.3) is 0 Å². The second-order valence-electron chi connectivity index (χ2n) is 3.41. The predicted molar refractivity (Wildman–Crippen MR) is 54.9 cm³/mol. The molecular weight excluding hydrogens is 225 g/mol. The Morgan fingerprint density at radius 3 is 2.14 bits per heavy atom. The van der Waals surface area contributed by atoms with Crippen molar-refractivity contribution in [3.05, 3.63) is 28.0 Å². The molecule has 0 aliphatic heterocycles. The van der Waals surface area contributed by atoms with Gasteiger partial charge in [0.15, 0.2) is 0 Å². The molecule has 0 aromatic carbocycles. The van der Waals surface area contributed by atoms with Crippen LogP contribution in [0.2, 0.25) is 10.0 Å². The van der Waals surface area contributed by atoms with Crippen LogP contribution < -0.4 is 0 Å². The van der Waals surface area contributed by atoms with E-state index in [0.717, 1.165) is 0 Å². The molecule has 0 saturated heterocycles. The number of rotatable bonds is 2. The van der Waals surface area contributed by atoms with Crippen molar-refractivity contribution in [1.29, 1.82) is 0 Å². The highest BCUT2D eigenvalue weighted by Crippen LogP contribution is 2.34. The first-order chi connectivity index (χ1) is 6.37. The van der Waals surface area contributed by atoms with Gasteiger partial charge < -0.3 is 5.11 Å². The van der Waals surface area contributed by atoms with Crippen LogP contribution in [0.4, 0.5) is 0 Å². The van der Waals surface area contributed by atoms with Crippen LogP contribution in [-0.4, -0.2) is 16.1 Å². The lowest BCUT2D eigenvalue weighted by Crippen LogP contribution is -2.29. The van der Waals surface area contributed by atoms with E-state index in [2.05, 4.69) is 4.98 Å². The lowest BCUT2D eigenvalue weighted by atomic mass is 9.85. The topological polar surface area (TPSA) is 50.2 Å². The largest absolute Gasteiger partial charge is 0.481 e. The molecule has 0 saturated carbocycles. The summed E-state index contributed by atoms with van der Waals surface area (Å²) < 4.78 is 0. The molecule has 1 N–H and O–H groups in total. The van der Waals surface area contributed by atoms with Crippen LogP contribution in [0, 0.1) is 0 Å². The van der Waals surface area contributed by atoms with Crippen molar-refractivity contribution in [1.82, 2.24) is 4.98 Å². The zero-order chi connectivity index (χ0) is 10.9. The van der Waals surface area contributed by atoms with Crippen molar-refractivity contribution in [2.75, 3.05) is 0 Å². The monoisotopic (exact) mass is 233 g/mol. The van der Waals surface area contributed by atoms with E-state index < -0.39 is 11.4 Å². The number of hydrogen-bond acceptors (Lipinski definition) is 2. The van der Waals surface area contributed by atoms with Gasteiger partial charge in [-0.15, -0.1) is 0 Å². The minimum atomic E-state index is -1.11. The molecule has 3 nitrogen and oxygen atoms in total. The van der Waals surface area contributed by atoms with Gasteiger partial charge in [-0.3, -0.25) is 9.78 Å². The van der Waals surface area contributed by atoms with Gasteiger partial charge in [0.05, 0.1) is 15.5 Å². The fraction of sp³-hybridized carbons (Fsp3) is 0.333. The van der Waals surface area contributed by atoms with Crippen LogP contribution in [0.5, 0.6) is 0 Å². The average Bonchev–Trinajstić information content (AvgIpc) is 2.02. The predicted octanol–water partition coefficient (Wildman–Crippen LogP) is 2.75. The molecule has 0 spiro atoms. The van der Waals surface area contributed by atoms with Gasteiger partial charge in [0.2, 0.25) is 0 Å². The third-order valence-corrected chi connectivity index (χ3v) is 2.59. The summed E-state index contributed by atoms with van der Waals surface area (Å²) >= 11 is 11.7. The number of pyridine rings is 1. The molecule has 5 heteroatoms. The Morgan fingerprint density at radius 1 is 1.36 bits per heavy atom. The average molecular weight is 234 g/mol. The molecule has 1 rings (SSSR count). The van der Waals surface area contributed by atoms with Crippen LogP contribution in [0.15, 0.2) is 12.4 Å². The van der Waals surface area contributed by atoms with Gasteiger partial charge in [0.1, 0.15) is 0 Å². The molecule has 0 aliphatic rings. The minimum absolute atomic E-state index is 0.268. The Hall–Kier alpha value is -0.800. The minimum Gasteiger partial charge on any atom is -0.481 e. The summed E-state index contributed by atoms with van der Waals surface area (Å²) in [6, 6.07) is 0. The number of carboxylic acid groups (broad SMARTS) is 1. The molecule has 1 heterocycles. The van der Waals surface area contributed by atoms with Crippen LogP contribution in [0.3, 0.4) is 0 Å². The number of hydrogen-bond donors (Lipinski definition) is 1. The molecule has 0 bridgehead atoms. The Balaban J connectivity index is 3.38. The summed E-state index contributed by atoms with van der Waals surface area (Å²) in [7, 11) is 0. The molecule has 1 aromatic heterocycles. The SMILES string of the molecule is CC(C)(C(=O)O)c1c(Cl)cncc1Cl. The summed E-state index contributed by atoms with van der Waals surface area (Å²) in [5.74, 6) is -0.979. The molecule has 0 unspecified atom stereocenters. The number of carbonyl (C=O) groups is 1. The summed E-state index contributed by atoms with van der Waals surface area (Å²) in [4.78, 5) is 14.7. The molecule has 76 valence electrons. The maximum Gasteiger partial charge on any atom is 0.313 e.